The van der Waals surface area contributed by atoms with E-state index in [-0.39, 0.29) is 0 Å². The van der Waals surface area contributed by atoms with Gasteiger partial charge in [0.25, 0.3) is 0 Å². The molecule has 1 aromatic heterocycles. The fourth-order valence-electron chi connectivity index (χ4n) is 3.07. The van der Waals surface area contributed by atoms with E-state index in [0.717, 1.165) is 32.2 Å². The lowest BCUT2D eigenvalue weighted by Crippen LogP contribution is -2.07. The lowest BCUT2D eigenvalue weighted by atomic mass is 10.1. The molecule has 2 aromatic rings. The van der Waals surface area contributed by atoms with Crippen LogP contribution in [-0.2, 0) is 19.3 Å². The molecule has 1 N–H and O–H groups in total. The van der Waals surface area contributed by atoms with Crippen LogP contribution < -0.4 is 5.32 Å². The van der Waals surface area contributed by atoms with Crippen molar-refractivity contribution in [2.75, 3.05) is 11.9 Å². The van der Waals surface area contributed by atoms with Gasteiger partial charge in [-0.15, -0.1) is 0 Å². The van der Waals surface area contributed by atoms with E-state index in [4.69, 9.17) is 5.10 Å². The number of rotatable bonds is 4. The largest absolute Gasteiger partial charge is 0.370 e. The van der Waals surface area contributed by atoms with Crippen molar-refractivity contribution in [3.63, 3.8) is 0 Å². The first-order valence-electron chi connectivity index (χ1n) is 8.27. The zero-order chi connectivity index (χ0) is 14.7. The molecule has 0 unspecified atom stereocenters. The highest BCUT2D eigenvalue weighted by Crippen LogP contribution is 2.28. The first-order valence-corrected chi connectivity index (χ1v) is 8.27. The Kier molecular flexibility index (Phi) is 4.28. The molecule has 0 saturated heterocycles. The molecule has 3 nitrogen and oxygen atoms in total. The van der Waals surface area contributed by atoms with E-state index in [1.807, 2.05) is 0 Å². The lowest BCUT2D eigenvalue weighted by Gasteiger charge is -2.09. The second-order valence-electron chi connectivity index (χ2n) is 5.84. The van der Waals surface area contributed by atoms with Gasteiger partial charge < -0.3 is 5.32 Å². The third kappa shape index (κ3) is 2.82. The van der Waals surface area contributed by atoms with Crippen LogP contribution in [0.25, 0.3) is 5.69 Å². The number of nitrogens with one attached hydrogen (secondary N) is 1. The van der Waals surface area contributed by atoms with Crippen LogP contribution in [0.2, 0.25) is 0 Å². The third-order valence-corrected chi connectivity index (χ3v) is 4.29. The standard InChI is InChI=1S/C18H25N3/c1-3-7-17-16-8-5-6-13-19-18(16)21(20-17)15-11-9-14(4-2)10-12-15/h9-12,19H,3-8,13H2,1-2H3. The Morgan fingerprint density at radius 1 is 1.14 bits per heavy atom. The number of hydrogen-bond donors (Lipinski definition) is 1. The number of benzene rings is 1. The van der Waals surface area contributed by atoms with Gasteiger partial charge in [-0.05, 0) is 49.8 Å². The van der Waals surface area contributed by atoms with Gasteiger partial charge in [-0.2, -0.15) is 5.10 Å². The highest BCUT2D eigenvalue weighted by Gasteiger charge is 2.19. The summed E-state index contributed by atoms with van der Waals surface area (Å²) in [6.07, 6.45) is 6.97. The summed E-state index contributed by atoms with van der Waals surface area (Å²) in [7, 11) is 0. The highest BCUT2D eigenvalue weighted by molar-refractivity contribution is 5.54. The third-order valence-electron chi connectivity index (χ3n) is 4.29. The Morgan fingerprint density at radius 2 is 1.95 bits per heavy atom. The van der Waals surface area contributed by atoms with Crippen molar-refractivity contribution in [1.29, 1.82) is 0 Å². The molecule has 0 bridgehead atoms. The van der Waals surface area contributed by atoms with Crippen LogP contribution in [-0.4, -0.2) is 16.3 Å². The van der Waals surface area contributed by atoms with Crippen LogP contribution in [0.15, 0.2) is 24.3 Å². The maximum absolute atomic E-state index is 4.90. The SMILES string of the molecule is CCCc1nn(-c2ccc(CC)cc2)c2c1CCCCN2. The Labute approximate surface area is 127 Å². The van der Waals surface area contributed by atoms with Crippen LogP contribution in [0.5, 0.6) is 0 Å². The highest BCUT2D eigenvalue weighted by atomic mass is 15.3. The van der Waals surface area contributed by atoms with Gasteiger partial charge in [0.1, 0.15) is 5.82 Å². The van der Waals surface area contributed by atoms with Crippen LogP contribution in [0.4, 0.5) is 5.82 Å². The molecule has 3 heteroatoms. The van der Waals surface area contributed by atoms with Crippen LogP contribution in [0, 0.1) is 0 Å². The molecule has 0 amide bonds. The Morgan fingerprint density at radius 3 is 2.67 bits per heavy atom. The van der Waals surface area contributed by atoms with Gasteiger partial charge in [-0.25, -0.2) is 4.68 Å². The van der Waals surface area contributed by atoms with Gasteiger partial charge in [-0.3, -0.25) is 0 Å². The van der Waals surface area contributed by atoms with Gasteiger partial charge in [-0.1, -0.05) is 32.4 Å². The first-order chi connectivity index (χ1) is 10.3. The monoisotopic (exact) mass is 283 g/mol. The molecule has 3 rings (SSSR count). The van der Waals surface area contributed by atoms with E-state index < -0.39 is 0 Å². The topological polar surface area (TPSA) is 29.9 Å². The molecule has 21 heavy (non-hydrogen) atoms. The number of aromatic nitrogens is 2. The van der Waals surface area contributed by atoms with Crippen molar-refractivity contribution in [3.8, 4) is 5.69 Å². The van der Waals surface area contributed by atoms with Crippen molar-refractivity contribution >= 4 is 5.82 Å². The van der Waals surface area contributed by atoms with Crippen molar-refractivity contribution in [3.05, 3.63) is 41.1 Å². The minimum absolute atomic E-state index is 1.05. The van der Waals surface area contributed by atoms with Crippen molar-refractivity contribution in [2.24, 2.45) is 0 Å². The van der Waals surface area contributed by atoms with Crippen LogP contribution >= 0.6 is 0 Å². The van der Waals surface area contributed by atoms with E-state index in [1.165, 1.54) is 41.2 Å². The van der Waals surface area contributed by atoms with E-state index in [9.17, 15) is 0 Å². The van der Waals surface area contributed by atoms with E-state index >= 15 is 0 Å². The Bertz CT molecular complexity index is 596. The maximum Gasteiger partial charge on any atom is 0.133 e. The van der Waals surface area contributed by atoms with Gasteiger partial charge in [0.05, 0.1) is 11.4 Å². The predicted molar refractivity (Wildman–Crippen MR) is 88.4 cm³/mol. The van der Waals surface area contributed by atoms with Gasteiger partial charge >= 0.3 is 0 Å². The zero-order valence-electron chi connectivity index (χ0n) is 13.2. The minimum atomic E-state index is 1.05. The molecule has 0 aliphatic carbocycles. The molecule has 0 atom stereocenters. The average molecular weight is 283 g/mol. The maximum atomic E-state index is 4.90. The average Bonchev–Trinajstić information content (AvgIpc) is 2.71. The van der Waals surface area contributed by atoms with Crippen molar-refractivity contribution in [2.45, 2.75) is 52.4 Å². The first kappa shape index (κ1) is 14.2. The van der Waals surface area contributed by atoms with Crippen LogP contribution in [0.3, 0.4) is 0 Å². The Balaban J connectivity index is 2.04. The number of anilines is 1. The summed E-state index contributed by atoms with van der Waals surface area (Å²) in [6.45, 7) is 5.47. The smallest absolute Gasteiger partial charge is 0.133 e. The predicted octanol–water partition coefficient (Wildman–Crippen LogP) is 4.14. The second kappa shape index (κ2) is 6.33. The summed E-state index contributed by atoms with van der Waals surface area (Å²) < 4.78 is 2.12. The summed E-state index contributed by atoms with van der Waals surface area (Å²) in [4.78, 5) is 0. The fraction of sp³-hybridized carbons (Fsp3) is 0.500. The quantitative estimate of drug-likeness (QED) is 0.914. The summed E-state index contributed by atoms with van der Waals surface area (Å²) in [5.74, 6) is 1.22. The second-order valence-corrected chi connectivity index (χ2v) is 5.84. The molecule has 1 aliphatic heterocycles. The summed E-state index contributed by atoms with van der Waals surface area (Å²) in [5.41, 5.74) is 5.26. The van der Waals surface area contributed by atoms with E-state index in [2.05, 4.69) is 48.1 Å². The fourth-order valence-corrected chi connectivity index (χ4v) is 3.07. The molecule has 0 fully saturated rings. The molecule has 1 aliphatic rings. The molecule has 112 valence electrons. The summed E-state index contributed by atoms with van der Waals surface area (Å²) in [5, 5.41) is 8.50. The number of nitrogens with zero attached hydrogens (tertiary/aromatic N) is 2. The van der Waals surface area contributed by atoms with Gasteiger partial charge in [0, 0.05) is 12.1 Å². The molecular weight excluding hydrogens is 258 g/mol. The lowest BCUT2D eigenvalue weighted by molar-refractivity contribution is 0.753. The number of hydrogen-bond acceptors (Lipinski definition) is 2. The zero-order valence-corrected chi connectivity index (χ0v) is 13.2. The summed E-state index contributed by atoms with van der Waals surface area (Å²) in [6, 6.07) is 8.79. The molecular formula is C18H25N3. The van der Waals surface area contributed by atoms with Crippen molar-refractivity contribution in [1.82, 2.24) is 9.78 Å². The molecule has 2 heterocycles. The van der Waals surface area contributed by atoms with E-state index in [1.54, 1.807) is 0 Å². The molecule has 1 aromatic carbocycles. The van der Waals surface area contributed by atoms with E-state index in [0.29, 0.717) is 0 Å². The Hall–Kier alpha value is -1.77. The molecule has 0 radical (unpaired) electrons. The van der Waals surface area contributed by atoms with Gasteiger partial charge in [0.15, 0.2) is 0 Å². The van der Waals surface area contributed by atoms with Crippen LogP contribution in [0.1, 0.15) is 49.9 Å². The minimum Gasteiger partial charge on any atom is -0.370 e. The molecule has 0 spiro atoms. The van der Waals surface area contributed by atoms with Crippen molar-refractivity contribution < 1.29 is 0 Å². The normalized spacial score (nSPS) is 14.4. The summed E-state index contributed by atoms with van der Waals surface area (Å²) >= 11 is 0. The van der Waals surface area contributed by atoms with Gasteiger partial charge in [0.2, 0.25) is 0 Å². The number of fused-ring (bicyclic) bond motifs is 1. The number of aryl methyl sites for hydroxylation is 2. The molecule has 0 saturated carbocycles.